The Labute approximate surface area is 251 Å². The van der Waals surface area contributed by atoms with Crippen LogP contribution in [-0.4, -0.2) is 0 Å². The molecule has 0 fully saturated rings. The monoisotopic (exact) mass is 545 g/mol. The van der Waals surface area contributed by atoms with Crippen LogP contribution >= 0.6 is 0 Å². The number of hydrogen-bond donors (Lipinski definition) is 0. The van der Waals surface area contributed by atoms with Crippen molar-refractivity contribution in [1.29, 1.82) is 0 Å². The van der Waals surface area contributed by atoms with Crippen LogP contribution < -0.4 is 0 Å². The molecule has 3 aromatic carbocycles. The van der Waals surface area contributed by atoms with E-state index in [1.807, 2.05) is 54.6 Å². The first kappa shape index (κ1) is 37.7. The molecule has 0 heterocycles. The fraction of sp³-hybridized carbons (Fsp3) is 0.550. The Morgan fingerprint density at radius 2 is 0.775 bits per heavy atom. The second kappa shape index (κ2) is 17.5. The Bertz CT molecular complexity index is 913. The van der Waals surface area contributed by atoms with E-state index in [-0.39, 0.29) is 0 Å². The van der Waals surface area contributed by atoms with Crippen LogP contribution in [0.2, 0.25) is 0 Å². The zero-order valence-corrected chi connectivity index (χ0v) is 28.9. The van der Waals surface area contributed by atoms with Crippen LogP contribution in [0.5, 0.6) is 0 Å². The first-order valence-electron chi connectivity index (χ1n) is 15.4. The van der Waals surface area contributed by atoms with Gasteiger partial charge >= 0.3 is 0 Å². The molecule has 0 saturated carbocycles. The second-order valence-corrected chi connectivity index (χ2v) is 15.1. The van der Waals surface area contributed by atoms with Crippen molar-refractivity contribution in [2.45, 2.75) is 116 Å². The molecule has 224 valence electrons. The highest BCUT2D eigenvalue weighted by Crippen LogP contribution is 2.49. The van der Waals surface area contributed by atoms with Gasteiger partial charge in [0.25, 0.3) is 0 Å². The Morgan fingerprint density at radius 3 is 0.975 bits per heavy atom. The number of aryl methyl sites for hydroxylation is 3. The predicted octanol–water partition coefficient (Wildman–Crippen LogP) is 12.9. The maximum atomic E-state index is 2.46. The summed E-state index contributed by atoms with van der Waals surface area (Å²) in [6.45, 7) is 32.8. The van der Waals surface area contributed by atoms with Crippen LogP contribution in [0.4, 0.5) is 0 Å². The summed E-state index contributed by atoms with van der Waals surface area (Å²) >= 11 is 0. The van der Waals surface area contributed by atoms with Crippen LogP contribution in [0, 0.1) is 48.3 Å². The molecule has 3 rings (SSSR count). The van der Waals surface area contributed by atoms with Gasteiger partial charge in [-0.2, -0.15) is 0 Å². The van der Waals surface area contributed by atoms with Crippen molar-refractivity contribution < 1.29 is 0 Å². The summed E-state index contributed by atoms with van der Waals surface area (Å²) in [7, 11) is 0. The zero-order valence-electron chi connectivity index (χ0n) is 28.9. The topological polar surface area (TPSA) is 0 Å². The highest BCUT2D eigenvalue weighted by atomic mass is 14.4. The molecule has 0 aliphatic heterocycles. The third-order valence-corrected chi connectivity index (χ3v) is 8.14. The predicted molar refractivity (Wildman–Crippen MR) is 183 cm³/mol. The molecule has 0 nitrogen and oxygen atoms in total. The summed E-state index contributed by atoms with van der Waals surface area (Å²) in [5, 5.41) is 0. The van der Waals surface area contributed by atoms with Crippen molar-refractivity contribution >= 4 is 0 Å². The van der Waals surface area contributed by atoms with E-state index >= 15 is 0 Å². The molecule has 0 N–H and O–H groups in total. The molecule has 40 heavy (non-hydrogen) atoms. The Hall–Kier alpha value is -2.34. The van der Waals surface area contributed by atoms with Crippen LogP contribution in [0.1, 0.15) is 112 Å². The third kappa shape index (κ3) is 18.1. The van der Waals surface area contributed by atoms with Crippen LogP contribution in [-0.2, 0) is 0 Å². The van der Waals surface area contributed by atoms with Gasteiger partial charge in [0.1, 0.15) is 0 Å². The summed E-state index contributed by atoms with van der Waals surface area (Å²) in [4.78, 5) is 0. The summed E-state index contributed by atoms with van der Waals surface area (Å²) in [5.41, 5.74) is 5.63. The molecular weight excluding hydrogens is 480 g/mol. The van der Waals surface area contributed by atoms with Crippen molar-refractivity contribution in [3.63, 3.8) is 0 Å². The van der Waals surface area contributed by atoms with Gasteiger partial charge in [0.2, 0.25) is 0 Å². The quantitative estimate of drug-likeness (QED) is 0.289. The third-order valence-electron chi connectivity index (χ3n) is 8.14. The molecule has 0 bridgehead atoms. The minimum atomic E-state index is 0.389. The molecule has 0 heteroatoms. The summed E-state index contributed by atoms with van der Waals surface area (Å²) < 4.78 is 0. The van der Waals surface area contributed by atoms with Gasteiger partial charge in [-0.15, -0.1) is 0 Å². The van der Waals surface area contributed by atoms with Crippen molar-refractivity contribution in [2.75, 3.05) is 0 Å². The van der Waals surface area contributed by atoms with Crippen molar-refractivity contribution in [3.05, 3.63) is 108 Å². The average Bonchev–Trinajstić information content (AvgIpc) is 2.84. The van der Waals surface area contributed by atoms with Gasteiger partial charge in [-0.25, -0.2) is 0 Å². The molecule has 0 saturated heterocycles. The maximum absolute atomic E-state index is 2.46. The summed E-state index contributed by atoms with van der Waals surface area (Å²) in [6, 6.07) is 30.8. The molecule has 0 radical (unpaired) electrons. The van der Waals surface area contributed by atoms with E-state index < -0.39 is 0 Å². The van der Waals surface area contributed by atoms with E-state index in [9.17, 15) is 0 Å². The van der Waals surface area contributed by atoms with Crippen LogP contribution in [0.25, 0.3) is 0 Å². The van der Waals surface area contributed by atoms with E-state index in [0.29, 0.717) is 21.7 Å². The SMILES string of the molecule is CCC(C)(C)CC(C)(C)CC(C)(C)C(C)C(C)(C)C.Cc1ccccc1.Cc1ccccc1.Cc1ccccc1. The zero-order chi connectivity index (χ0) is 31.0. The summed E-state index contributed by atoms with van der Waals surface area (Å²) in [5.74, 6) is 0.726. The number of benzene rings is 3. The molecule has 0 amide bonds. The van der Waals surface area contributed by atoms with Crippen LogP contribution in [0.15, 0.2) is 91.0 Å². The smallest absolute Gasteiger partial charge is 0.0318 e. The lowest BCUT2D eigenvalue weighted by molar-refractivity contribution is 0.0385. The van der Waals surface area contributed by atoms with Crippen molar-refractivity contribution in [2.24, 2.45) is 27.6 Å². The Morgan fingerprint density at radius 1 is 0.475 bits per heavy atom. The lowest BCUT2D eigenvalue weighted by Gasteiger charge is -2.46. The van der Waals surface area contributed by atoms with Gasteiger partial charge in [-0.3, -0.25) is 0 Å². The van der Waals surface area contributed by atoms with E-state index in [1.54, 1.807) is 0 Å². The highest BCUT2D eigenvalue weighted by molar-refractivity contribution is 5.13. The van der Waals surface area contributed by atoms with E-state index in [1.165, 1.54) is 36.0 Å². The minimum Gasteiger partial charge on any atom is -0.0649 e. The Kier molecular flexibility index (Phi) is 16.4. The van der Waals surface area contributed by atoms with Gasteiger partial charge in [0, 0.05) is 0 Å². The fourth-order valence-corrected chi connectivity index (χ4v) is 5.64. The van der Waals surface area contributed by atoms with E-state index in [0.717, 1.165) is 5.92 Å². The summed E-state index contributed by atoms with van der Waals surface area (Å²) in [6.07, 6.45) is 3.89. The molecule has 0 aromatic heterocycles. The van der Waals surface area contributed by atoms with Gasteiger partial charge < -0.3 is 0 Å². The molecular formula is C40H64. The van der Waals surface area contributed by atoms with Gasteiger partial charge in [0.15, 0.2) is 0 Å². The molecule has 1 unspecified atom stereocenters. The number of hydrogen-bond acceptors (Lipinski definition) is 0. The molecule has 3 aromatic rings. The van der Waals surface area contributed by atoms with Gasteiger partial charge in [0.05, 0.1) is 0 Å². The maximum Gasteiger partial charge on any atom is -0.0318 e. The Balaban J connectivity index is 0.000000582. The van der Waals surface area contributed by atoms with Crippen LogP contribution in [0.3, 0.4) is 0 Å². The first-order valence-corrected chi connectivity index (χ1v) is 15.4. The lowest BCUT2D eigenvalue weighted by Crippen LogP contribution is -2.37. The van der Waals surface area contributed by atoms with Gasteiger partial charge in [-0.05, 0) is 61.2 Å². The molecule has 0 spiro atoms. The molecule has 0 aliphatic carbocycles. The van der Waals surface area contributed by atoms with E-state index in [4.69, 9.17) is 0 Å². The van der Waals surface area contributed by atoms with Gasteiger partial charge in [-0.1, -0.05) is 190 Å². The standard InChI is InChI=1S/C19H40.3C7H8/c1-12-17(6,7)13-18(8,9)14-19(10,11)15(2)16(3,4)5;3*1-7-5-3-2-4-6-7/h15H,12-14H2,1-11H3;3*2-6H,1H3. The normalized spacial score (nSPS) is 12.4. The largest absolute Gasteiger partial charge is 0.0649 e. The minimum absolute atomic E-state index is 0.389. The first-order chi connectivity index (χ1) is 18.3. The van der Waals surface area contributed by atoms with E-state index in [2.05, 4.69) is 133 Å². The second-order valence-electron chi connectivity index (χ2n) is 15.1. The lowest BCUT2D eigenvalue weighted by atomic mass is 9.59. The molecule has 1 atom stereocenters. The number of rotatable bonds is 6. The molecule has 0 aliphatic rings. The fourth-order valence-electron chi connectivity index (χ4n) is 5.64. The van der Waals surface area contributed by atoms with Crippen molar-refractivity contribution in [1.82, 2.24) is 0 Å². The van der Waals surface area contributed by atoms with Crippen molar-refractivity contribution in [3.8, 4) is 0 Å². The average molecular weight is 545 g/mol. The highest BCUT2D eigenvalue weighted by Gasteiger charge is 2.39.